The van der Waals surface area contributed by atoms with E-state index in [-0.39, 0.29) is 6.71 Å². The fourth-order valence-electron chi connectivity index (χ4n) is 9.01. The molecule has 0 saturated carbocycles. The van der Waals surface area contributed by atoms with Gasteiger partial charge in [0.25, 0.3) is 6.71 Å². The van der Waals surface area contributed by atoms with E-state index in [1.807, 2.05) is 23.5 Å². The zero-order valence-electron chi connectivity index (χ0n) is 28.5. The normalized spacial score (nSPS) is 13.2. The van der Waals surface area contributed by atoms with Crippen LogP contribution in [0, 0.1) is 0 Å². The lowest BCUT2D eigenvalue weighted by Crippen LogP contribution is -2.61. The second kappa shape index (κ2) is 11.0. The first-order valence-corrected chi connectivity index (χ1v) is 18.9. The Balaban J connectivity index is 1.04. The van der Waals surface area contributed by atoms with Crippen LogP contribution in [-0.2, 0) is 0 Å². The number of hydrogen-bond acceptors (Lipinski definition) is 4. The molecule has 0 aliphatic carbocycles. The fourth-order valence-corrected chi connectivity index (χ4v) is 10.1. The highest BCUT2D eigenvalue weighted by Crippen LogP contribution is 2.46. The Morgan fingerprint density at radius 2 is 1.02 bits per heavy atom. The predicted octanol–water partition coefficient (Wildman–Crippen LogP) is 11.7. The monoisotopic (exact) mass is 692 g/mol. The summed E-state index contributed by atoms with van der Waals surface area (Å²) in [5.74, 6) is 0. The Kier molecular flexibility index (Phi) is 6.02. The van der Waals surface area contributed by atoms with E-state index in [9.17, 15) is 0 Å². The summed E-state index contributed by atoms with van der Waals surface area (Å²) in [5.41, 5.74) is 15.2. The Morgan fingerprint density at radius 1 is 0.434 bits per heavy atom. The van der Waals surface area contributed by atoms with Gasteiger partial charge in [0, 0.05) is 70.6 Å². The van der Waals surface area contributed by atoms with Crippen molar-refractivity contribution in [3.8, 4) is 11.1 Å². The number of rotatable bonds is 3. The van der Waals surface area contributed by atoms with Crippen molar-refractivity contribution in [2.75, 3.05) is 9.80 Å². The average Bonchev–Trinajstić information content (AvgIpc) is 3.79. The summed E-state index contributed by atoms with van der Waals surface area (Å²) in [6.07, 6.45) is 0. The smallest absolute Gasteiger partial charge is 0.252 e. The van der Waals surface area contributed by atoms with Gasteiger partial charge in [-0.15, -0.1) is 11.3 Å². The van der Waals surface area contributed by atoms with E-state index in [0.29, 0.717) is 0 Å². The molecular weight excluding hydrogens is 663 g/mol. The lowest BCUT2D eigenvalue weighted by Gasteiger charge is -2.44. The molecule has 53 heavy (non-hydrogen) atoms. The number of furan rings is 1. The van der Waals surface area contributed by atoms with Crippen molar-refractivity contribution < 1.29 is 4.42 Å². The van der Waals surface area contributed by atoms with Crippen LogP contribution in [0.15, 0.2) is 180 Å². The average molecular weight is 693 g/mol. The molecule has 4 heterocycles. The minimum atomic E-state index is 0.108. The maximum atomic E-state index is 6.42. The molecule has 2 aliphatic heterocycles. The Bertz CT molecular complexity index is 3110. The lowest BCUT2D eigenvalue weighted by atomic mass is 9.33. The number of para-hydroxylation sites is 4. The van der Waals surface area contributed by atoms with Crippen LogP contribution in [-0.4, -0.2) is 6.71 Å². The second-order valence-corrected chi connectivity index (χ2v) is 15.1. The minimum absolute atomic E-state index is 0.108. The van der Waals surface area contributed by atoms with E-state index < -0.39 is 0 Å². The third-order valence-corrected chi connectivity index (χ3v) is 12.4. The van der Waals surface area contributed by atoms with E-state index in [1.165, 1.54) is 65.0 Å². The van der Waals surface area contributed by atoms with E-state index in [4.69, 9.17) is 4.42 Å². The summed E-state index contributed by atoms with van der Waals surface area (Å²) in [4.78, 5) is 4.94. The van der Waals surface area contributed by atoms with Crippen molar-refractivity contribution in [1.82, 2.24) is 0 Å². The van der Waals surface area contributed by atoms with Gasteiger partial charge < -0.3 is 14.2 Å². The fraction of sp³-hybridized carbons (Fsp3) is 0. The highest BCUT2D eigenvalue weighted by Gasteiger charge is 2.42. The van der Waals surface area contributed by atoms with Crippen molar-refractivity contribution in [3.63, 3.8) is 0 Å². The van der Waals surface area contributed by atoms with Crippen LogP contribution in [0.5, 0.6) is 0 Å². The molecule has 0 saturated heterocycles. The molecule has 0 spiro atoms. The molecule has 5 heteroatoms. The molecule has 0 N–H and O–H groups in total. The van der Waals surface area contributed by atoms with Gasteiger partial charge in [0.05, 0.1) is 0 Å². The second-order valence-electron chi connectivity index (χ2n) is 14.0. The van der Waals surface area contributed by atoms with Crippen LogP contribution in [0.1, 0.15) is 0 Å². The SMILES string of the molecule is c1ccc2c(c1)B1c3ccccc3N(c3ccc4sc5ccccc5c4c3)c3cccc(c31)N2c1ccc(-c2cccc3c2oc2ccccc23)cc1. The third kappa shape index (κ3) is 4.11. The van der Waals surface area contributed by atoms with E-state index >= 15 is 0 Å². The van der Waals surface area contributed by atoms with E-state index in [2.05, 4.69) is 174 Å². The maximum Gasteiger partial charge on any atom is 0.252 e. The van der Waals surface area contributed by atoms with Crippen molar-refractivity contribution in [3.05, 3.63) is 176 Å². The van der Waals surface area contributed by atoms with Gasteiger partial charge in [-0.05, 0) is 88.7 Å². The number of fused-ring (bicyclic) bond motifs is 10. The highest BCUT2D eigenvalue weighted by atomic mass is 32.1. The molecule has 246 valence electrons. The summed E-state index contributed by atoms with van der Waals surface area (Å²) < 4.78 is 9.06. The van der Waals surface area contributed by atoms with Crippen molar-refractivity contribution in [1.29, 1.82) is 0 Å². The van der Waals surface area contributed by atoms with Crippen molar-refractivity contribution >= 4 is 111 Å². The Morgan fingerprint density at radius 3 is 1.81 bits per heavy atom. The zero-order valence-corrected chi connectivity index (χ0v) is 29.3. The molecule has 0 atom stereocenters. The van der Waals surface area contributed by atoms with E-state index in [1.54, 1.807) is 0 Å². The molecule has 0 amide bonds. The van der Waals surface area contributed by atoms with Gasteiger partial charge >= 0.3 is 0 Å². The van der Waals surface area contributed by atoms with Gasteiger partial charge in [0.1, 0.15) is 11.2 Å². The first kappa shape index (κ1) is 29.1. The molecule has 0 radical (unpaired) electrons. The van der Waals surface area contributed by atoms with Crippen LogP contribution >= 0.6 is 11.3 Å². The standard InChI is InChI=1S/C48H29BN2OS/c1-7-21-44-34(11-1)36-14-9-13-33(48(36)52-44)30-23-25-31(26-24-30)50-40-17-5-3-15-38(40)49-39-16-4-6-18-41(39)51(43-20-10-19-42(50)47(43)49)32-27-28-46-37(29-32)35-12-2-8-22-45(35)53-46/h1-29H. The molecule has 2 aromatic heterocycles. The van der Waals surface area contributed by atoms with Crippen LogP contribution in [0.3, 0.4) is 0 Å². The van der Waals surface area contributed by atoms with Gasteiger partial charge in [-0.1, -0.05) is 109 Å². The van der Waals surface area contributed by atoms with Crippen LogP contribution in [0.25, 0.3) is 53.2 Å². The Labute approximate surface area is 310 Å². The number of hydrogen-bond donors (Lipinski definition) is 0. The predicted molar refractivity (Wildman–Crippen MR) is 226 cm³/mol. The number of thiophene rings is 1. The molecule has 2 aliphatic rings. The van der Waals surface area contributed by atoms with Crippen molar-refractivity contribution in [2.24, 2.45) is 0 Å². The van der Waals surface area contributed by atoms with Gasteiger partial charge in [-0.25, -0.2) is 0 Å². The summed E-state index contributed by atoms with van der Waals surface area (Å²) in [7, 11) is 0. The molecular formula is C48H29BN2OS. The van der Waals surface area contributed by atoms with Crippen molar-refractivity contribution in [2.45, 2.75) is 0 Å². The lowest BCUT2D eigenvalue weighted by molar-refractivity contribution is 0.670. The van der Waals surface area contributed by atoms with Gasteiger partial charge in [-0.3, -0.25) is 0 Å². The van der Waals surface area contributed by atoms with Crippen LogP contribution in [0.2, 0.25) is 0 Å². The number of anilines is 6. The largest absolute Gasteiger partial charge is 0.455 e. The summed E-state index contributed by atoms with van der Waals surface area (Å²) >= 11 is 1.86. The number of benzene rings is 8. The minimum Gasteiger partial charge on any atom is -0.455 e. The summed E-state index contributed by atoms with van der Waals surface area (Å²) in [6, 6.07) is 64.2. The maximum absolute atomic E-state index is 6.42. The molecule has 0 unspecified atom stereocenters. The first-order chi connectivity index (χ1) is 26.3. The van der Waals surface area contributed by atoms with E-state index in [0.717, 1.165) is 38.8 Å². The molecule has 3 nitrogen and oxygen atoms in total. The topological polar surface area (TPSA) is 19.6 Å². The Hall–Kier alpha value is -6.56. The molecule has 0 fully saturated rings. The van der Waals surface area contributed by atoms with Gasteiger partial charge in [0.2, 0.25) is 0 Å². The molecule has 8 aromatic carbocycles. The molecule has 12 rings (SSSR count). The van der Waals surface area contributed by atoms with Crippen LogP contribution in [0.4, 0.5) is 34.1 Å². The highest BCUT2D eigenvalue weighted by molar-refractivity contribution is 7.25. The summed E-state index contributed by atoms with van der Waals surface area (Å²) in [6.45, 7) is 0.108. The van der Waals surface area contributed by atoms with Gasteiger partial charge in [0.15, 0.2) is 0 Å². The number of nitrogens with zero attached hydrogens (tertiary/aromatic N) is 2. The zero-order chi connectivity index (χ0) is 34.6. The third-order valence-electron chi connectivity index (χ3n) is 11.3. The first-order valence-electron chi connectivity index (χ1n) is 18.1. The van der Waals surface area contributed by atoms with Gasteiger partial charge in [-0.2, -0.15) is 0 Å². The molecule has 0 bridgehead atoms. The quantitative estimate of drug-likeness (QED) is 0.172. The summed E-state index contributed by atoms with van der Waals surface area (Å²) in [5, 5.41) is 4.91. The molecule has 10 aromatic rings. The van der Waals surface area contributed by atoms with Crippen LogP contribution < -0.4 is 26.2 Å².